The van der Waals surface area contributed by atoms with Gasteiger partial charge in [0.15, 0.2) is 0 Å². The molecule has 0 radical (unpaired) electrons. The molecule has 2 rings (SSSR count). The minimum Gasteiger partial charge on any atom is -0.376 e. The van der Waals surface area contributed by atoms with E-state index in [4.69, 9.17) is 4.74 Å². The first-order valence-corrected chi connectivity index (χ1v) is 6.14. The van der Waals surface area contributed by atoms with Crippen LogP contribution in [0, 0.1) is 0 Å². The molecule has 1 aromatic heterocycles. The fourth-order valence-electron chi connectivity index (χ4n) is 1.90. The molecule has 4 N–H and O–H groups in total. The lowest BCUT2D eigenvalue weighted by molar-refractivity contribution is 0.0343. The van der Waals surface area contributed by atoms with E-state index in [1.54, 1.807) is 0 Å². The number of rotatable bonds is 5. The topological polar surface area (TPSA) is 99.0 Å². The van der Waals surface area contributed by atoms with Crippen molar-refractivity contribution < 1.29 is 9.53 Å². The van der Waals surface area contributed by atoms with Gasteiger partial charge in [-0.15, -0.1) is 0 Å². The number of amides is 1. The SMILES string of the molecule is O=C(NCCOC1CCNCC1)c1c[nH]c(=O)[nH]1. The van der Waals surface area contributed by atoms with Crippen molar-refractivity contribution in [2.75, 3.05) is 26.2 Å². The van der Waals surface area contributed by atoms with Crippen molar-refractivity contribution in [3.05, 3.63) is 22.4 Å². The summed E-state index contributed by atoms with van der Waals surface area (Å²) in [6.45, 7) is 2.91. The largest absolute Gasteiger partial charge is 0.376 e. The van der Waals surface area contributed by atoms with E-state index in [2.05, 4.69) is 20.6 Å². The van der Waals surface area contributed by atoms with Crippen molar-refractivity contribution in [3.8, 4) is 0 Å². The molecule has 7 nitrogen and oxygen atoms in total. The van der Waals surface area contributed by atoms with Crippen LogP contribution in [-0.4, -0.2) is 48.2 Å². The van der Waals surface area contributed by atoms with Crippen LogP contribution in [0.15, 0.2) is 11.0 Å². The minimum atomic E-state index is -0.383. The van der Waals surface area contributed by atoms with Crippen LogP contribution in [0.4, 0.5) is 0 Å². The fraction of sp³-hybridized carbons (Fsp3) is 0.636. The molecule has 0 unspecified atom stereocenters. The second-order valence-electron chi connectivity index (χ2n) is 4.23. The summed E-state index contributed by atoms with van der Waals surface area (Å²) in [6, 6.07) is 0. The second kappa shape index (κ2) is 6.36. The number of hydrogen-bond acceptors (Lipinski definition) is 4. The van der Waals surface area contributed by atoms with Crippen LogP contribution in [-0.2, 0) is 4.74 Å². The van der Waals surface area contributed by atoms with E-state index >= 15 is 0 Å². The Kier molecular flexibility index (Phi) is 4.54. The summed E-state index contributed by atoms with van der Waals surface area (Å²) >= 11 is 0. The normalized spacial score (nSPS) is 16.7. The zero-order valence-electron chi connectivity index (χ0n) is 10.1. The Morgan fingerprint density at radius 3 is 2.89 bits per heavy atom. The van der Waals surface area contributed by atoms with Crippen LogP contribution >= 0.6 is 0 Å². The van der Waals surface area contributed by atoms with Gasteiger partial charge in [0.2, 0.25) is 0 Å². The van der Waals surface area contributed by atoms with Crippen molar-refractivity contribution in [1.29, 1.82) is 0 Å². The molecule has 1 aliphatic heterocycles. The predicted octanol–water partition coefficient (Wildman–Crippen LogP) is -0.799. The Bertz CT molecular complexity index is 433. The van der Waals surface area contributed by atoms with E-state index < -0.39 is 0 Å². The lowest BCUT2D eigenvalue weighted by atomic mass is 10.1. The molecule has 1 amide bonds. The summed E-state index contributed by atoms with van der Waals surface area (Å²) in [5.74, 6) is -0.303. The molecule has 0 aromatic carbocycles. The summed E-state index contributed by atoms with van der Waals surface area (Å²) in [4.78, 5) is 27.1. The molecule has 0 atom stereocenters. The monoisotopic (exact) mass is 254 g/mol. The highest BCUT2D eigenvalue weighted by molar-refractivity contribution is 5.91. The molecule has 18 heavy (non-hydrogen) atoms. The minimum absolute atomic E-state index is 0.238. The number of imidazole rings is 1. The third kappa shape index (κ3) is 3.71. The first kappa shape index (κ1) is 12.8. The van der Waals surface area contributed by atoms with Crippen molar-refractivity contribution in [2.24, 2.45) is 0 Å². The van der Waals surface area contributed by atoms with Gasteiger partial charge in [0.1, 0.15) is 5.69 Å². The Balaban J connectivity index is 1.63. The van der Waals surface area contributed by atoms with Gasteiger partial charge in [-0.3, -0.25) is 4.79 Å². The number of piperidine rings is 1. The number of carbonyl (C=O) groups is 1. The molecular formula is C11H18N4O3. The van der Waals surface area contributed by atoms with Crippen LogP contribution < -0.4 is 16.3 Å². The molecule has 7 heteroatoms. The lowest BCUT2D eigenvalue weighted by Crippen LogP contribution is -2.35. The van der Waals surface area contributed by atoms with E-state index in [1.165, 1.54) is 6.20 Å². The second-order valence-corrected chi connectivity index (χ2v) is 4.23. The number of hydrogen-bond donors (Lipinski definition) is 4. The summed E-state index contributed by atoms with van der Waals surface area (Å²) in [5, 5.41) is 5.94. The van der Waals surface area contributed by atoms with Gasteiger partial charge in [-0.05, 0) is 25.9 Å². The number of ether oxygens (including phenoxy) is 1. The molecule has 1 saturated heterocycles. The Hall–Kier alpha value is -1.60. The molecule has 0 bridgehead atoms. The fourth-order valence-corrected chi connectivity index (χ4v) is 1.90. The summed E-state index contributed by atoms with van der Waals surface area (Å²) in [7, 11) is 0. The highest BCUT2D eigenvalue weighted by atomic mass is 16.5. The van der Waals surface area contributed by atoms with Crippen molar-refractivity contribution in [2.45, 2.75) is 18.9 Å². The van der Waals surface area contributed by atoms with Gasteiger partial charge in [-0.1, -0.05) is 0 Å². The Labute approximate surface area is 104 Å². The van der Waals surface area contributed by atoms with Crippen LogP contribution in [0.25, 0.3) is 0 Å². The van der Waals surface area contributed by atoms with E-state index in [1.807, 2.05) is 0 Å². The third-order valence-corrected chi connectivity index (χ3v) is 2.87. The third-order valence-electron chi connectivity index (χ3n) is 2.87. The van der Waals surface area contributed by atoms with Gasteiger partial charge in [0.25, 0.3) is 5.91 Å². The summed E-state index contributed by atoms with van der Waals surface area (Å²) < 4.78 is 5.64. The molecule has 0 spiro atoms. The number of carbonyl (C=O) groups excluding carboxylic acids is 1. The quantitative estimate of drug-likeness (QED) is 0.517. The van der Waals surface area contributed by atoms with Crippen LogP contribution in [0.3, 0.4) is 0 Å². The van der Waals surface area contributed by atoms with Crippen molar-refractivity contribution >= 4 is 5.91 Å². The Morgan fingerprint density at radius 2 is 2.22 bits per heavy atom. The smallest absolute Gasteiger partial charge is 0.323 e. The van der Waals surface area contributed by atoms with Crippen molar-refractivity contribution in [3.63, 3.8) is 0 Å². The van der Waals surface area contributed by atoms with Crippen molar-refractivity contribution in [1.82, 2.24) is 20.6 Å². The molecule has 0 aliphatic carbocycles. The van der Waals surface area contributed by atoms with Gasteiger partial charge < -0.3 is 25.3 Å². The molecule has 1 aliphatic rings. The standard InChI is InChI=1S/C11H18N4O3/c16-10(9-7-14-11(17)15-9)13-5-6-18-8-1-3-12-4-2-8/h7-8,12H,1-6H2,(H,13,16)(H2,14,15,17). The van der Waals surface area contributed by atoms with Crippen LogP contribution in [0.5, 0.6) is 0 Å². The van der Waals surface area contributed by atoms with Crippen LogP contribution in [0.1, 0.15) is 23.3 Å². The molecule has 1 aromatic rings. The summed E-state index contributed by atoms with van der Waals surface area (Å²) in [6.07, 6.45) is 3.67. The van der Waals surface area contributed by atoms with Gasteiger partial charge in [-0.2, -0.15) is 0 Å². The van der Waals surface area contributed by atoms with E-state index in [0.29, 0.717) is 13.2 Å². The zero-order valence-corrected chi connectivity index (χ0v) is 10.1. The zero-order chi connectivity index (χ0) is 12.8. The maximum atomic E-state index is 11.5. The van der Waals surface area contributed by atoms with Gasteiger partial charge in [-0.25, -0.2) is 4.79 Å². The molecular weight excluding hydrogens is 236 g/mol. The highest BCUT2D eigenvalue weighted by Gasteiger charge is 2.13. The van der Waals surface area contributed by atoms with Gasteiger partial charge >= 0.3 is 5.69 Å². The Morgan fingerprint density at radius 1 is 1.44 bits per heavy atom. The highest BCUT2D eigenvalue weighted by Crippen LogP contribution is 2.06. The van der Waals surface area contributed by atoms with E-state index in [0.717, 1.165) is 25.9 Å². The number of H-pyrrole nitrogens is 2. The van der Waals surface area contributed by atoms with E-state index in [9.17, 15) is 9.59 Å². The number of aromatic nitrogens is 2. The summed E-state index contributed by atoms with van der Waals surface area (Å²) in [5.41, 5.74) is -0.145. The first-order valence-electron chi connectivity index (χ1n) is 6.14. The lowest BCUT2D eigenvalue weighted by Gasteiger charge is -2.22. The van der Waals surface area contributed by atoms with E-state index in [-0.39, 0.29) is 23.4 Å². The average Bonchev–Trinajstić information content (AvgIpc) is 2.82. The van der Waals surface area contributed by atoms with Gasteiger partial charge in [0, 0.05) is 12.7 Å². The van der Waals surface area contributed by atoms with Crippen LogP contribution in [0.2, 0.25) is 0 Å². The van der Waals surface area contributed by atoms with Gasteiger partial charge in [0.05, 0.1) is 12.7 Å². The molecule has 1 fully saturated rings. The molecule has 100 valence electrons. The maximum absolute atomic E-state index is 11.5. The maximum Gasteiger partial charge on any atom is 0.323 e. The number of nitrogens with one attached hydrogen (secondary N) is 4. The average molecular weight is 254 g/mol. The molecule has 2 heterocycles. The molecule has 0 saturated carbocycles. The predicted molar refractivity (Wildman–Crippen MR) is 65.6 cm³/mol. The first-order chi connectivity index (χ1) is 8.75. The number of aromatic amines is 2.